The van der Waals surface area contributed by atoms with Gasteiger partial charge in [-0.15, -0.1) is 0 Å². The van der Waals surface area contributed by atoms with Gasteiger partial charge >= 0.3 is 0 Å². The van der Waals surface area contributed by atoms with Crippen molar-refractivity contribution < 1.29 is 9.18 Å². The lowest BCUT2D eigenvalue weighted by Gasteiger charge is -2.14. The van der Waals surface area contributed by atoms with Crippen LogP contribution in [0.5, 0.6) is 0 Å². The number of pyridine rings is 1. The summed E-state index contributed by atoms with van der Waals surface area (Å²) >= 11 is 18.8. The first-order valence-corrected chi connectivity index (χ1v) is 9.56. The molecular formula is C21H15Cl3FN3O. The minimum Gasteiger partial charge on any atom is -0.369 e. The molecule has 0 spiro atoms. The van der Waals surface area contributed by atoms with Gasteiger partial charge in [-0.25, -0.2) is 9.38 Å². The van der Waals surface area contributed by atoms with Crippen LogP contribution >= 0.6 is 34.8 Å². The van der Waals surface area contributed by atoms with Crippen molar-refractivity contribution in [2.24, 2.45) is 4.99 Å². The molecule has 0 aliphatic carbocycles. The van der Waals surface area contributed by atoms with Crippen LogP contribution in [-0.4, -0.2) is 36.1 Å². The largest absolute Gasteiger partial charge is 0.369 e. The molecule has 148 valence electrons. The third-order valence-electron chi connectivity index (χ3n) is 3.96. The summed E-state index contributed by atoms with van der Waals surface area (Å²) < 4.78 is 13.4. The molecule has 0 N–H and O–H groups in total. The molecule has 29 heavy (non-hydrogen) atoms. The maximum atomic E-state index is 13.4. The summed E-state index contributed by atoms with van der Waals surface area (Å²) in [6.45, 7) is 0. The Kier molecular flexibility index (Phi) is 6.52. The van der Waals surface area contributed by atoms with E-state index >= 15 is 0 Å². The Hall–Kier alpha value is -2.47. The van der Waals surface area contributed by atoms with E-state index in [1.807, 2.05) is 0 Å². The predicted molar refractivity (Wildman–Crippen MR) is 116 cm³/mol. The van der Waals surface area contributed by atoms with Gasteiger partial charge < -0.3 is 4.90 Å². The van der Waals surface area contributed by atoms with Crippen molar-refractivity contribution in [2.75, 3.05) is 14.1 Å². The summed E-state index contributed by atoms with van der Waals surface area (Å²) in [5, 5.41) is 0.748. The second-order valence-electron chi connectivity index (χ2n) is 6.31. The van der Waals surface area contributed by atoms with E-state index in [-0.39, 0.29) is 21.8 Å². The maximum absolute atomic E-state index is 13.4. The van der Waals surface area contributed by atoms with Gasteiger partial charge in [0.15, 0.2) is 5.78 Å². The Bertz CT molecular complexity index is 1100. The highest BCUT2D eigenvalue weighted by Crippen LogP contribution is 2.40. The molecule has 0 unspecified atom stereocenters. The number of ketones is 1. The normalized spacial score (nSPS) is 11.1. The first kappa shape index (κ1) is 21.2. The van der Waals surface area contributed by atoms with Gasteiger partial charge in [0.05, 0.1) is 32.7 Å². The third-order valence-corrected chi connectivity index (χ3v) is 4.90. The van der Waals surface area contributed by atoms with Gasteiger partial charge in [0.25, 0.3) is 0 Å². The molecule has 1 aromatic heterocycles. The number of carbonyl (C=O) groups is 1. The highest BCUT2D eigenvalue weighted by atomic mass is 35.5. The average molecular weight is 451 g/mol. The number of hydrogen-bond acceptors (Lipinski definition) is 3. The van der Waals surface area contributed by atoms with Crippen LogP contribution in [0.4, 0.5) is 10.1 Å². The Balaban J connectivity index is 2.26. The molecule has 0 atom stereocenters. The second-order valence-corrected chi connectivity index (χ2v) is 7.54. The number of rotatable bonds is 5. The molecule has 0 aliphatic heterocycles. The summed E-state index contributed by atoms with van der Waals surface area (Å²) in [5.74, 6) is -0.955. The third kappa shape index (κ3) is 4.58. The average Bonchev–Trinajstić information content (AvgIpc) is 2.66. The Labute approximate surface area is 182 Å². The second kappa shape index (κ2) is 8.91. The van der Waals surface area contributed by atoms with E-state index in [9.17, 15) is 9.18 Å². The molecule has 0 amide bonds. The molecule has 8 heteroatoms. The maximum Gasteiger partial charge on any atom is 0.196 e. The molecule has 3 rings (SSSR count). The summed E-state index contributed by atoms with van der Waals surface area (Å²) in [6, 6.07) is 10.2. The molecule has 2 aromatic carbocycles. The Morgan fingerprint density at radius 1 is 1.03 bits per heavy atom. The van der Waals surface area contributed by atoms with Crippen LogP contribution in [0.1, 0.15) is 15.9 Å². The topological polar surface area (TPSA) is 45.6 Å². The molecule has 0 aliphatic rings. The van der Waals surface area contributed by atoms with Crippen molar-refractivity contribution in [2.45, 2.75) is 0 Å². The summed E-state index contributed by atoms with van der Waals surface area (Å²) in [4.78, 5) is 23.7. The molecular weight excluding hydrogens is 436 g/mol. The van der Waals surface area contributed by atoms with Crippen molar-refractivity contribution in [3.63, 3.8) is 0 Å². The molecule has 0 fully saturated rings. The van der Waals surface area contributed by atoms with Gasteiger partial charge in [-0.05, 0) is 36.4 Å². The fourth-order valence-corrected chi connectivity index (χ4v) is 3.50. The van der Waals surface area contributed by atoms with Crippen LogP contribution in [0, 0.1) is 5.82 Å². The smallest absolute Gasteiger partial charge is 0.196 e. The first-order chi connectivity index (χ1) is 13.8. The molecule has 0 bridgehead atoms. The van der Waals surface area contributed by atoms with Gasteiger partial charge in [0.1, 0.15) is 11.5 Å². The fraction of sp³-hybridized carbons (Fsp3) is 0.0952. The standard InChI is InChI=1S/C21H15Cl3FN3O/c1-28(2)11-27-19-14(21(29)13-7-6-12(25)10-17(13)24)8-9-26-20(19)18-15(22)4-3-5-16(18)23/h3-11H,1-2H3. The molecule has 3 aromatic rings. The lowest BCUT2D eigenvalue weighted by molar-refractivity contribution is 0.103. The molecule has 4 nitrogen and oxygen atoms in total. The number of aromatic nitrogens is 1. The number of halogens is 4. The van der Waals surface area contributed by atoms with E-state index in [1.165, 1.54) is 30.7 Å². The SMILES string of the molecule is CN(C)C=Nc1c(C(=O)c2ccc(F)cc2Cl)ccnc1-c1c(Cl)cccc1Cl. The summed E-state index contributed by atoms with van der Waals surface area (Å²) in [5.41, 5.74) is 1.47. The van der Waals surface area contributed by atoms with Crippen molar-refractivity contribution >= 4 is 52.6 Å². The minimum atomic E-state index is -0.532. The Morgan fingerprint density at radius 2 is 1.72 bits per heavy atom. The number of nitrogens with zero attached hydrogens (tertiary/aromatic N) is 3. The van der Waals surface area contributed by atoms with E-state index in [1.54, 1.807) is 37.2 Å². The van der Waals surface area contributed by atoms with Gasteiger partial charge in [-0.3, -0.25) is 9.78 Å². The van der Waals surface area contributed by atoms with Crippen LogP contribution in [0.15, 0.2) is 53.7 Å². The van der Waals surface area contributed by atoms with Crippen LogP contribution in [-0.2, 0) is 0 Å². The fourth-order valence-electron chi connectivity index (χ4n) is 2.67. The molecule has 0 saturated heterocycles. The minimum absolute atomic E-state index is 0.00618. The molecule has 0 radical (unpaired) electrons. The highest BCUT2D eigenvalue weighted by Gasteiger charge is 2.22. The van der Waals surface area contributed by atoms with E-state index in [2.05, 4.69) is 9.98 Å². The van der Waals surface area contributed by atoms with Crippen LogP contribution in [0.25, 0.3) is 11.3 Å². The highest BCUT2D eigenvalue weighted by molar-refractivity contribution is 6.39. The number of benzene rings is 2. The number of hydrogen-bond donors (Lipinski definition) is 0. The first-order valence-electron chi connectivity index (χ1n) is 8.43. The van der Waals surface area contributed by atoms with Crippen LogP contribution in [0.2, 0.25) is 15.1 Å². The summed E-state index contributed by atoms with van der Waals surface area (Å²) in [6.07, 6.45) is 3.00. The number of aliphatic imine (C=N–C) groups is 1. The lowest BCUT2D eigenvalue weighted by atomic mass is 9.99. The monoisotopic (exact) mass is 449 g/mol. The zero-order valence-corrected chi connectivity index (χ0v) is 17.7. The quantitative estimate of drug-likeness (QED) is 0.260. The van der Waals surface area contributed by atoms with E-state index in [0.717, 1.165) is 6.07 Å². The van der Waals surface area contributed by atoms with E-state index in [0.29, 0.717) is 21.3 Å². The van der Waals surface area contributed by atoms with Gasteiger partial charge in [0, 0.05) is 31.4 Å². The van der Waals surface area contributed by atoms with Crippen molar-refractivity contribution in [3.05, 3.63) is 80.7 Å². The van der Waals surface area contributed by atoms with Crippen molar-refractivity contribution in [3.8, 4) is 11.3 Å². The summed E-state index contributed by atoms with van der Waals surface area (Å²) in [7, 11) is 3.58. The predicted octanol–water partition coefficient (Wildman–Crippen LogP) is 6.30. The molecule has 0 saturated carbocycles. The zero-order valence-electron chi connectivity index (χ0n) is 15.5. The van der Waals surface area contributed by atoms with Gasteiger partial charge in [-0.2, -0.15) is 0 Å². The van der Waals surface area contributed by atoms with E-state index in [4.69, 9.17) is 34.8 Å². The van der Waals surface area contributed by atoms with Crippen molar-refractivity contribution in [1.82, 2.24) is 9.88 Å². The van der Waals surface area contributed by atoms with Crippen LogP contribution < -0.4 is 0 Å². The van der Waals surface area contributed by atoms with Crippen molar-refractivity contribution in [1.29, 1.82) is 0 Å². The van der Waals surface area contributed by atoms with Crippen LogP contribution in [0.3, 0.4) is 0 Å². The van der Waals surface area contributed by atoms with Gasteiger partial charge in [0.2, 0.25) is 0 Å². The van der Waals surface area contributed by atoms with Gasteiger partial charge in [-0.1, -0.05) is 40.9 Å². The lowest BCUT2D eigenvalue weighted by Crippen LogP contribution is -2.09. The Morgan fingerprint density at radius 3 is 2.34 bits per heavy atom. The molecule has 1 heterocycles. The van der Waals surface area contributed by atoms with E-state index < -0.39 is 11.6 Å². The zero-order chi connectivity index (χ0) is 21.1. The number of carbonyl (C=O) groups excluding carboxylic acids is 1.